The van der Waals surface area contributed by atoms with Gasteiger partial charge in [0.05, 0.1) is 9.47 Å². The van der Waals surface area contributed by atoms with Crippen molar-refractivity contribution in [3.63, 3.8) is 0 Å². The third-order valence-corrected chi connectivity index (χ3v) is 6.36. The van der Waals surface area contributed by atoms with Gasteiger partial charge >= 0.3 is 0 Å². The molecule has 102 valence electrons. The van der Waals surface area contributed by atoms with E-state index in [0.717, 1.165) is 8.66 Å². The summed E-state index contributed by atoms with van der Waals surface area (Å²) in [4.78, 5) is 5.04. The van der Waals surface area contributed by atoms with Crippen molar-refractivity contribution in [3.8, 4) is 0 Å². The van der Waals surface area contributed by atoms with Crippen LogP contribution in [0.25, 0.3) is 0 Å². The molecule has 0 saturated carbocycles. The molecule has 0 unspecified atom stereocenters. The Kier molecular flexibility index (Phi) is 4.27. The minimum Gasteiger partial charge on any atom is -0.266 e. The molecular weight excluding hydrogens is 348 g/mol. The van der Waals surface area contributed by atoms with Gasteiger partial charge in [-0.3, -0.25) is 9.29 Å². The van der Waals surface area contributed by atoms with Crippen LogP contribution in [0.15, 0.2) is 39.3 Å². The largest absolute Gasteiger partial charge is 0.266 e. The van der Waals surface area contributed by atoms with E-state index in [0.29, 0.717) is 17.1 Å². The van der Waals surface area contributed by atoms with Gasteiger partial charge in [-0.25, -0.2) is 8.42 Å². The van der Waals surface area contributed by atoms with Gasteiger partial charge in [-0.15, -0.1) is 11.3 Å². The number of nitrogens with zero attached hydrogens (tertiary/aromatic N) is 2. The highest BCUT2D eigenvalue weighted by Crippen LogP contribution is 2.33. The molecule has 0 aliphatic heterocycles. The number of thiophene rings is 1. The molecular formula is C12H13BrN2O2S2. The summed E-state index contributed by atoms with van der Waals surface area (Å²) >= 11 is 4.75. The number of pyridine rings is 1. The van der Waals surface area contributed by atoms with Gasteiger partial charge in [0.15, 0.2) is 0 Å². The van der Waals surface area contributed by atoms with Crippen molar-refractivity contribution in [1.29, 1.82) is 0 Å². The summed E-state index contributed by atoms with van der Waals surface area (Å²) in [5, 5.41) is 0. The SMILES string of the molecule is CCN(c1ccncc1)S(=O)(=O)c1cc(Br)sc1C. The predicted molar refractivity (Wildman–Crippen MR) is 81.2 cm³/mol. The van der Waals surface area contributed by atoms with Gasteiger partial charge in [-0.2, -0.15) is 0 Å². The van der Waals surface area contributed by atoms with Gasteiger partial charge in [0.1, 0.15) is 4.90 Å². The molecule has 2 aromatic rings. The fourth-order valence-electron chi connectivity index (χ4n) is 1.81. The first kappa shape index (κ1) is 14.5. The first-order valence-electron chi connectivity index (χ1n) is 5.65. The molecule has 2 rings (SSSR count). The van der Waals surface area contributed by atoms with Crippen LogP contribution in [-0.4, -0.2) is 19.9 Å². The summed E-state index contributed by atoms with van der Waals surface area (Å²) in [5.74, 6) is 0. The van der Waals surface area contributed by atoms with Crippen molar-refractivity contribution in [1.82, 2.24) is 4.98 Å². The fraction of sp³-hybridized carbons (Fsp3) is 0.250. The normalized spacial score (nSPS) is 11.5. The Bertz CT molecular complexity index is 668. The lowest BCUT2D eigenvalue weighted by atomic mass is 10.4. The van der Waals surface area contributed by atoms with E-state index >= 15 is 0 Å². The Hall–Kier alpha value is -0.920. The first-order chi connectivity index (χ1) is 8.96. The van der Waals surface area contributed by atoms with E-state index < -0.39 is 10.0 Å². The molecule has 0 aliphatic rings. The summed E-state index contributed by atoms with van der Waals surface area (Å²) in [6.07, 6.45) is 3.17. The average Bonchev–Trinajstić information content (AvgIpc) is 2.71. The van der Waals surface area contributed by atoms with Gasteiger partial charge in [-0.05, 0) is 48.0 Å². The molecule has 0 aromatic carbocycles. The highest BCUT2D eigenvalue weighted by Gasteiger charge is 2.26. The van der Waals surface area contributed by atoms with Crippen molar-refractivity contribution in [2.45, 2.75) is 18.7 Å². The third kappa shape index (κ3) is 2.82. The number of aryl methyl sites for hydroxylation is 1. The number of hydrogen-bond acceptors (Lipinski definition) is 4. The average molecular weight is 361 g/mol. The maximum Gasteiger partial charge on any atom is 0.265 e. The van der Waals surface area contributed by atoms with Crippen molar-refractivity contribution >= 4 is 43.0 Å². The van der Waals surface area contributed by atoms with Gasteiger partial charge in [0, 0.05) is 23.8 Å². The van der Waals surface area contributed by atoms with Gasteiger partial charge < -0.3 is 0 Å². The van der Waals surface area contributed by atoms with Crippen LogP contribution >= 0.6 is 27.3 Å². The van der Waals surface area contributed by atoms with Crippen LogP contribution < -0.4 is 4.31 Å². The smallest absolute Gasteiger partial charge is 0.265 e. The van der Waals surface area contributed by atoms with Gasteiger partial charge in [-0.1, -0.05) is 0 Å². The topological polar surface area (TPSA) is 50.3 Å². The highest BCUT2D eigenvalue weighted by molar-refractivity contribution is 9.11. The summed E-state index contributed by atoms with van der Waals surface area (Å²) in [6, 6.07) is 5.04. The highest BCUT2D eigenvalue weighted by atomic mass is 79.9. The van der Waals surface area contributed by atoms with Crippen molar-refractivity contribution in [3.05, 3.63) is 39.3 Å². The lowest BCUT2D eigenvalue weighted by molar-refractivity contribution is 0.591. The second-order valence-corrected chi connectivity index (χ2v) is 8.31. The van der Waals surface area contributed by atoms with E-state index in [-0.39, 0.29) is 0 Å². The van der Waals surface area contributed by atoms with Crippen LogP contribution in [-0.2, 0) is 10.0 Å². The van der Waals surface area contributed by atoms with E-state index in [4.69, 9.17) is 0 Å². The van der Waals surface area contributed by atoms with Crippen LogP contribution in [0.2, 0.25) is 0 Å². The molecule has 19 heavy (non-hydrogen) atoms. The maximum absolute atomic E-state index is 12.7. The predicted octanol–water partition coefficient (Wildman–Crippen LogP) is 3.43. The van der Waals surface area contributed by atoms with E-state index in [1.165, 1.54) is 15.6 Å². The zero-order valence-corrected chi connectivity index (χ0v) is 13.7. The second-order valence-electron chi connectivity index (χ2n) is 3.85. The number of rotatable bonds is 4. The molecule has 0 amide bonds. The summed E-state index contributed by atoms with van der Waals surface area (Å²) in [6.45, 7) is 4.00. The molecule has 0 N–H and O–H groups in total. The molecule has 0 atom stereocenters. The van der Waals surface area contributed by atoms with Crippen molar-refractivity contribution in [2.75, 3.05) is 10.8 Å². The van der Waals surface area contributed by atoms with Crippen LogP contribution in [0.3, 0.4) is 0 Å². The minimum atomic E-state index is -3.53. The van der Waals surface area contributed by atoms with Crippen molar-refractivity contribution < 1.29 is 8.42 Å². The lowest BCUT2D eigenvalue weighted by Gasteiger charge is -2.22. The van der Waals surface area contributed by atoms with Crippen LogP contribution in [0, 0.1) is 6.92 Å². The Balaban J connectivity index is 2.51. The van der Waals surface area contributed by atoms with Crippen LogP contribution in [0.1, 0.15) is 11.8 Å². The molecule has 2 aromatic heterocycles. The zero-order chi connectivity index (χ0) is 14.0. The summed E-state index contributed by atoms with van der Waals surface area (Å²) in [7, 11) is -3.53. The fourth-order valence-corrected chi connectivity index (χ4v) is 5.67. The quantitative estimate of drug-likeness (QED) is 0.838. The van der Waals surface area contributed by atoms with Crippen molar-refractivity contribution in [2.24, 2.45) is 0 Å². The molecule has 7 heteroatoms. The Labute approximate surface area is 125 Å². The summed E-state index contributed by atoms with van der Waals surface area (Å²) in [5.41, 5.74) is 0.624. The first-order valence-corrected chi connectivity index (χ1v) is 8.70. The maximum atomic E-state index is 12.7. The number of halogens is 1. The second kappa shape index (κ2) is 5.60. The molecule has 2 heterocycles. The Morgan fingerprint density at radius 2 is 2.00 bits per heavy atom. The van der Waals surface area contributed by atoms with Gasteiger partial charge in [0.25, 0.3) is 10.0 Å². The summed E-state index contributed by atoms with van der Waals surface area (Å²) < 4.78 is 27.6. The zero-order valence-electron chi connectivity index (χ0n) is 10.5. The number of aromatic nitrogens is 1. The van der Waals surface area contributed by atoms with E-state index in [1.807, 2.05) is 13.8 Å². The minimum absolute atomic E-state index is 0.350. The third-order valence-electron chi connectivity index (χ3n) is 2.65. The number of hydrogen-bond donors (Lipinski definition) is 0. The Morgan fingerprint density at radius 3 is 2.47 bits per heavy atom. The molecule has 0 radical (unpaired) electrons. The monoisotopic (exact) mass is 360 g/mol. The Morgan fingerprint density at radius 1 is 1.37 bits per heavy atom. The number of anilines is 1. The van der Waals surface area contributed by atoms with E-state index in [9.17, 15) is 8.42 Å². The van der Waals surface area contributed by atoms with E-state index in [2.05, 4.69) is 20.9 Å². The van der Waals surface area contributed by atoms with Crippen LogP contribution in [0.4, 0.5) is 5.69 Å². The molecule has 0 spiro atoms. The molecule has 4 nitrogen and oxygen atoms in total. The lowest BCUT2D eigenvalue weighted by Crippen LogP contribution is -2.30. The van der Waals surface area contributed by atoms with Crippen LogP contribution in [0.5, 0.6) is 0 Å². The molecule has 0 fully saturated rings. The molecule has 0 aliphatic carbocycles. The molecule has 0 bridgehead atoms. The molecule has 0 saturated heterocycles. The van der Waals surface area contributed by atoms with E-state index in [1.54, 1.807) is 30.6 Å². The standard InChI is InChI=1S/C12H13BrN2O2S2/c1-3-15(10-4-6-14-7-5-10)19(16,17)11-8-12(13)18-9(11)2/h4-8H,3H2,1-2H3. The number of sulfonamides is 1. The van der Waals surface area contributed by atoms with Gasteiger partial charge in [0.2, 0.25) is 0 Å².